The molecule has 8 nitrogen and oxygen atoms in total. The highest BCUT2D eigenvalue weighted by Crippen LogP contribution is 2.26. The number of aromatic nitrogens is 2. The molecule has 0 atom stereocenters. The van der Waals surface area contributed by atoms with Crippen LogP contribution in [0.2, 0.25) is 0 Å². The molecule has 0 saturated carbocycles. The van der Waals surface area contributed by atoms with Crippen molar-refractivity contribution in [2.24, 2.45) is 0 Å². The Balaban J connectivity index is 1.35. The van der Waals surface area contributed by atoms with Crippen LogP contribution in [0.1, 0.15) is 30.9 Å². The van der Waals surface area contributed by atoms with E-state index in [1.807, 2.05) is 25.1 Å². The molecule has 32 heavy (non-hydrogen) atoms. The van der Waals surface area contributed by atoms with Gasteiger partial charge < -0.3 is 14.6 Å². The van der Waals surface area contributed by atoms with Gasteiger partial charge in [-0.05, 0) is 48.2 Å². The van der Waals surface area contributed by atoms with Crippen LogP contribution >= 0.6 is 0 Å². The highest BCUT2D eigenvalue weighted by atomic mass is 32.2. The number of sulfonamides is 1. The van der Waals surface area contributed by atoms with E-state index in [9.17, 15) is 13.2 Å². The Morgan fingerprint density at radius 2 is 1.94 bits per heavy atom. The Labute approximate surface area is 188 Å². The number of benzene rings is 1. The average molecular weight is 457 g/mol. The van der Waals surface area contributed by atoms with Crippen molar-refractivity contribution in [1.29, 1.82) is 0 Å². The Morgan fingerprint density at radius 3 is 2.62 bits per heavy atom. The summed E-state index contributed by atoms with van der Waals surface area (Å²) in [6, 6.07) is 9.31. The van der Waals surface area contributed by atoms with Crippen LogP contribution in [0.5, 0.6) is 5.75 Å². The van der Waals surface area contributed by atoms with Gasteiger partial charge >= 0.3 is 0 Å². The monoisotopic (exact) mass is 456 g/mol. The van der Waals surface area contributed by atoms with Crippen molar-refractivity contribution in [1.82, 2.24) is 19.2 Å². The molecule has 1 saturated heterocycles. The van der Waals surface area contributed by atoms with E-state index < -0.39 is 10.0 Å². The number of pyridine rings is 1. The maximum atomic E-state index is 13.1. The number of hydrogen-bond acceptors (Lipinski definition) is 5. The molecule has 1 aliphatic heterocycles. The van der Waals surface area contributed by atoms with Crippen LogP contribution in [-0.2, 0) is 14.8 Å². The second-order valence-corrected chi connectivity index (χ2v) is 10.2. The molecule has 3 aromatic rings. The molecule has 1 aliphatic rings. The summed E-state index contributed by atoms with van der Waals surface area (Å²) in [6.07, 6.45) is 3.09. The van der Waals surface area contributed by atoms with E-state index in [2.05, 4.69) is 23.8 Å². The summed E-state index contributed by atoms with van der Waals surface area (Å²) in [6.45, 7) is 7.38. The molecule has 0 bridgehead atoms. The minimum Gasteiger partial charge on any atom is -0.484 e. The number of nitrogens with one attached hydrogen (secondary N) is 1. The van der Waals surface area contributed by atoms with Gasteiger partial charge in [-0.15, -0.1) is 0 Å². The molecule has 4 rings (SSSR count). The predicted molar refractivity (Wildman–Crippen MR) is 122 cm³/mol. The summed E-state index contributed by atoms with van der Waals surface area (Å²) in [5.74, 6) is 0.942. The van der Waals surface area contributed by atoms with Gasteiger partial charge in [0.2, 0.25) is 10.0 Å². The highest BCUT2D eigenvalue weighted by molar-refractivity contribution is 7.89. The number of aryl methyl sites for hydroxylation is 1. The second kappa shape index (κ2) is 8.91. The fraction of sp³-hybridized carbons (Fsp3) is 0.391. The fourth-order valence-corrected chi connectivity index (χ4v) is 5.66. The van der Waals surface area contributed by atoms with Gasteiger partial charge in [-0.2, -0.15) is 4.31 Å². The van der Waals surface area contributed by atoms with Crippen molar-refractivity contribution in [2.45, 2.75) is 31.6 Å². The molecule has 9 heteroatoms. The maximum Gasteiger partial charge on any atom is 0.260 e. The van der Waals surface area contributed by atoms with Gasteiger partial charge in [0.1, 0.15) is 16.3 Å². The molecule has 1 amide bonds. The standard InChI is InChI=1S/C23H28N4O4S/c1-16(2)19-7-6-18(13-17(19)3)31-15-22(28)26-9-11-27(12-10-26)32(29,30)21-14-25-23-20(21)5-4-8-24-23/h4-8,13-14,16H,9-12,15H2,1-3H3,(H,24,25). The van der Waals surface area contributed by atoms with Crippen molar-refractivity contribution in [3.63, 3.8) is 0 Å². The third-order valence-electron chi connectivity index (χ3n) is 5.85. The first-order chi connectivity index (χ1) is 15.3. The molecule has 1 fully saturated rings. The smallest absolute Gasteiger partial charge is 0.260 e. The molecule has 0 unspecified atom stereocenters. The Morgan fingerprint density at radius 1 is 1.19 bits per heavy atom. The molecular formula is C23H28N4O4S. The lowest BCUT2D eigenvalue weighted by Gasteiger charge is -2.33. The first-order valence-electron chi connectivity index (χ1n) is 10.7. The Hall–Kier alpha value is -2.91. The number of ether oxygens (including phenoxy) is 1. The quantitative estimate of drug-likeness (QED) is 0.615. The lowest BCUT2D eigenvalue weighted by Crippen LogP contribution is -2.51. The maximum absolute atomic E-state index is 13.1. The normalized spacial score (nSPS) is 15.4. The number of carbonyl (C=O) groups is 1. The highest BCUT2D eigenvalue weighted by Gasteiger charge is 2.32. The number of hydrogen-bond donors (Lipinski definition) is 1. The zero-order valence-electron chi connectivity index (χ0n) is 18.5. The van der Waals surface area contributed by atoms with Gasteiger partial charge in [0.25, 0.3) is 5.91 Å². The summed E-state index contributed by atoms with van der Waals surface area (Å²) in [4.78, 5) is 21.5. The fourth-order valence-electron chi connectivity index (χ4n) is 4.08. The summed E-state index contributed by atoms with van der Waals surface area (Å²) >= 11 is 0. The lowest BCUT2D eigenvalue weighted by molar-refractivity contribution is -0.134. The lowest BCUT2D eigenvalue weighted by atomic mass is 9.98. The second-order valence-electron chi connectivity index (χ2n) is 8.30. The molecule has 2 aromatic heterocycles. The molecule has 0 spiro atoms. The van der Waals surface area contributed by atoms with Crippen LogP contribution in [0.3, 0.4) is 0 Å². The van der Waals surface area contributed by atoms with Crippen LogP contribution in [0.15, 0.2) is 47.6 Å². The van der Waals surface area contributed by atoms with Gasteiger partial charge in [0.05, 0.1) is 0 Å². The largest absolute Gasteiger partial charge is 0.484 e. The van der Waals surface area contributed by atoms with E-state index in [1.54, 1.807) is 23.2 Å². The molecule has 1 aromatic carbocycles. The van der Waals surface area contributed by atoms with Crippen LogP contribution in [0, 0.1) is 6.92 Å². The van der Waals surface area contributed by atoms with E-state index >= 15 is 0 Å². The van der Waals surface area contributed by atoms with Gasteiger partial charge in [-0.3, -0.25) is 4.79 Å². The van der Waals surface area contributed by atoms with Crippen LogP contribution in [0.25, 0.3) is 11.0 Å². The first kappa shape index (κ1) is 22.3. The topological polar surface area (TPSA) is 95.6 Å². The van der Waals surface area contributed by atoms with E-state index in [0.29, 0.717) is 35.8 Å². The van der Waals surface area contributed by atoms with E-state index in [0.717, 1.165) is 5.56 Å². The molecular weight excluding hydrogens is 428 g/mol. The average Bonchev–Trinajstić information content (AvgIpc) is 3.22. The van der Waals surface area contributed by atoms with Gasteiger partial charge in [0.15, 0.2) is 6.61 Å². The summed E-state index contributed by atoms with van der Waals surface area (Å²) < 4.78 is 33.3. The van der Waals surface area contributed by atoms with Crippen LogP contribution < -0.4 is 4.74 Å². The number of rotatable bonds is 6. The summed E-state index contributed by atoms with van der Waals surface area (Å²) in [5.41, 5.74) is 2.93. The first-order valence-corrected chi connectivity index (χ1v) is 12.1. The molecule has 3 heterocycles. The zero-order valence-corrected chi connectivity index (χ0v) is 19.4. The molecule has 170 valence electrons. The number of piperazine rings is 1. The van der Waals surface area contributed by atoms with E-state index in [-0.39, 0.29) is 30.5 Å². The number of H-pyrrole nitrogens is 1. The third kappa shape index (κ3) is 4.35. The molecule has 1 N–H and O–H groups in total. The number of carbonyl (C=O) groups excluding carboxylic acids is 1. The predicted octanol–water partition coefficient (Wildman–Crippen LogP) is 2.91. The molecule has 0 aliphatic carbocycles. The van der Waals surface area contributed by atoms with Crippen molar-refractivity contribution < 1.29 is 17.9 Å². The summed E-state index contributed by atoms with van der Waals surface area (Å²) in [5, 5.41) is 0.568. The van der Waals surface area contributed by atoms with Crippen molar-refractivity contribution in [2.75, 3.05) is 32.8 Å². The van der Waals surface area contributed by atoms with Gasteiger partial charge in [0, 0.05) is 44.0 Å². The van der Waals surface area contributed by atoms with Crippen molar-refractivity contribution >= 4 is 27.0 Å². The zero-order chi connectivity index (χ0) is 22.9. The Bertz CT molecular complexity index is 1230. The number of aromatic amines is 1. The third-order valence-corrected chi connectivity index (χ3v) is 7.79. The Kier molecular flexibility index (Phi) is 6.21. The van der Waals surface area contributed by atoms with Crippen LogP contribution in [0.4, 0.5) is 0 Å². The van der Waals surface area contributed by atoms with Gasteiger partial charge in [-0.1, -0.05) is 19.9 Å². The minimum absolute atomic E-state index is 0.0681. The minimum atomic E-state index is -3.67. The SMILES string of the molecule is Cc1cc(OCC(=O)N2CCN(S(=O)(=O)c3c[nH]c4ncccc34)CC2)ccc1C(C)C. The van der Waals surface area contributed by atoms with Crippen LogP contribution in [-0.4, -0.2) is 66.3 Å². The van der Waals surface area contributed by atoms with E-state index in [4.69, 9.17) is 4.74 Å². The summed E-state index contributed by atoms with van der Waals surface area (Å²) in [7, 11) is -3.67. The van der Waals surface area contributed by atoms with Gasteiger partial charge in [-0.25, -0.2) is 13.4 Å². The number of nitrogens with zero attached hydrogens (tertiary/aromatic N) is 3. The van der Waals surface area contributed by atoms with Crippen molar-refractivity contribution in [3.05, 3.63) is 53.9 Å². The van der Waals surface area contributed by atoms with Crippen molar-refractivity contribution in [3.8, 4) is 5.75 Å². The number of amides is 1. The van der Waals surface area contributed by atoms with E-state index in [1.165, 1.54) is 16.1 Å². The molecule has 0 radical (unpaired) electrons. The number of fused-ring (bicyclic) bond motifs is 1.